The van der Waals surface area contributed by atoms with E-state index < -0.39 is 21.2 Å². The fraction of sp³-hybridized carbons (Fsp3) is 0. The van der Waals surface area contributed by atoms with E-state index in [-0.39, 0.29) is 16.8 Å². The number of rotatable bonds is 2. The number of non-ortho nitro benzene ring substituents is 2. The Morgan fingerprint density at radius 1 is 1.25 bits per heavy atom. The molecule has 2 aromatic rings. The molecule has 82 valence electrons. The van der Waals surface area contributed by atoms with Gasteiger partial charge in [0.2, 0.25) is 5.88 Å². The van der Waals surface area contributed by atoms with Gasteiger partial charge in [0.1, 0.15) is 0 Å². The topological polar surface area (TPSA) is 138 Å². The van der Waals surface area contributed by atoms with Gasteiger partial charge in [0.25, 0.3) is 5.69 Å². The first kappa shape index (κ1) is 9.83. The first-order valence-electron chi connectivity index (χ1n) is 3.98. The van der Waals surface area contributed by atoms with E-state index in [1.807, 2.05) is 0 Å². The molecule has 1 aromatic heterocycles. The van der Waals surface area contributed by atoms with Crippen molar-refractivity contribution in [3.05, 3.63) is 32.4 Å². The summed E-state index contributed by atoms with van der Waals surface area (Å²) in [6.07, 6.45) is 0. The molecule has 0 fully saturated rings. The molecular weight excluding hydrogens is 220 g/mol. The number of fused-ring (bicyclic) bond motifs is 1. The number of hydrogen-bond donors (Lipinski definition) is 1. The van der Waals surface area contributed by atoms with E-state index in [1.165, 1.54) is 0 Å². The van der Waals surface area contributed by atoms with Gasteiger partial charge in [0.15, 0.2) is 5.52 Å². The third kappa shape index (κ3) is 1.30. The lowest BCUT2D eigenvalue weighted by Crippen LogP contribution is -1.94. The second-order valence-electron chi connectivity index (χ2n) is 2.92. The highest BCUT2D eigenvalue weighted by atomic mass is 16.6. The van der Waals surface area contributed by atoms with Crippen LogP contribution in [0, 0.1) is 20.2 Å². The molecule has 16 heavy (non-hydrogen) atoms. The summed E-state index contributed by atoms with van der Waals surface area (Å²) in [7, 11) is 0. The Bertz CT molecular complexity index is 604. The van der Waals surface area contributed by atoms with E-state index in [1.54, 1.807) is 0 Å². The summed E-state index contributed by atoms with van der Waals surface area (Å²) in [6, 6.07) is 1.89. The van der Waals surface area contributed by atoms with E-state index in [0.29, 0.717) is 0 Å². The summed E-state index contributed by atoms with van der Waals surface area (Å²) in [5.41, 5.74) is 4.29. The van der Waals surface area contributed by atoms with Crippen molar-refractivity contribution in [1.29, 1.82) is 0 Å². The fourth-order valence-electron chi connectivity index (χ4n) is 1.28. The van der Waals surface area contributed by atoms with Crippen LogP contribution in [0.1, 0.15) is 0 Å². The smallest absolute Gasteiger partial charge is 0.305 e. The van der Waals surface area contributed by atoms with E-state index in [2.05, 4.69) is 9.68 Å². The van der Waals surface area contributed by atoms with Gasteiger partial charge in [-0.3, -0.25) is 20.2 Å². The zero-order chi connectivity index (χ0) is 11.9. The zero-order valence-corrected chi connectivity index (χ0v) is 7.61. The van der Waals surface area contributed by atoms with Crippen molar-refractivity contribution in [1.82, 2.24) is 5.16 Å². The molecule has 1 heterocycles. The highest BCUT2D eigenvalue weighted by Crippen LogP contribution is 2.33. The number of nitro benzene ring substituents is 2. The van der Waals surface area contributed by atoms with Crippen molar-refractivity contribution in [2.75, 3.05) is 5.73 Å². The van der Waals surface area contributed by atoms with Gasteiger partial charge in [-0.15, -0.1) is 0 Å². The van der Waals surface area contributed by atoms with Crippen LogP contribution in [0.15, 0.2) is 16.7 Å². The molecule has 0 aliphatic heterocycles. The summed E-state index contributed by atoms with van der Waals surface area (Å²) in [5, 5.41) is 24.6. The number of aromatic nitrogens is 1. The quantitative estimate of drug-likeness (QED) is 0.597. The highest BCUT2D eigenvalue weighted by Gasteiger charge is 2.23. The molecule has 0 radical (unpaired) electrons. The van der Waals surface area contributed by atoms with Gasteiger partial charge in [-0.25, -0.2) is 0 Å². The van der Waals surface area contributed by atoms with Crippen LogP contribution in [0.2, 0.25) is 0 Å². The van der Waals surface area contributed by atoms with E-state index in [4.69, 9.17) is 5.73 Å². The van der Waals surface area contributed by atoms with Crippen molar-refractivity contribution in [2.24, 2.45) is 0 Å². The first-order valence-corrected chi connectivity index (χ1v) is 3.98. The Balaban J connectivity index is 2.86. The monoisotopic (exact) mass is 224 g/mol. The van der Waals surface area contributed by atoms with Gasteiger partial charge < -0.3 is 10.3 Å². The SMILES string of the molecule is Nc1onc2c([N+](=O)[O-])cc([N+](=O)[O-])cc12. The number of benzene rings is 1. The Morgan fingerprint density at radius 2 is 1.94 bits per heavy atom. The van der Waals surface area contributed by atoms with Gasteiger partial charge in [-0.1, -0.05) is 5.16 Å². The average molecular weight is 224 g/mol. The van der Waals surface area contributed by atoms with Gasteiger partial charge in [0.05, 0.1) is 21.3 Å². The van der Waals surface area contributed by atoms with Crippen molar-refractivity contribution >= 4 is 28.2 Å². The summed E-state index contributed by atoms with van der Waals surface area (Å²) in [5.74, 6) is -0.193. The lowest BCUT2D eigenvalue weighted by atomic mass is 10.2. The Morgan fingerprint density at radius 3 is 2.50 bits per heavy atom. The van der Waals surface area contributed by atoms with Crippen LogP contribution in [0.25, 0.3) is 10.9 Å². The zero-order valence-electron chi connectivity index (χ0n) is 7.61. The standard InChI is InChI=1S/C7H4N4O5/c8-7-4-1-3(10(12)13)2-5(11(14)15)6(4)9-16-7/h1-2H,8H2. The normalized spacial score (nSPS) is 10.5. The summed E-state index contributed by atoms with van der Waals surface area (Å²) < 4.78 is 4.54. The Labute approximate surface area is 86.7 Å². The summed E-state index contributed by atoms with van der Waals surface area (Å²) in [6.45, 7) is 0. The van der Waals surface area contributed by atoms with Crippen LogP contribution >= 0.6 is 0 Å². The first-order chi connectivity index (χ1) is 7.50. The number of hydrogen-bond acceptors (Lipinski definition) is 7. The molecule has 0 amide bonds. The molecule has 0 saturated carbocycles. The molecule has 0 aliphatic carbocycles. The van der Waals surface area contributed by atoms with Gasteiger partial charge in [0, 0.05) is 6.07 Å². The van der Waals surface area contributed by atoms with Gasteiger partial charge in [-0.05, 0) is 0 Å². The number of nitro groups is 2. The maximum Gasteiger partial charge on any atom is 0.305 e. The van der Waals surface area contributed by atoms with E-state index >= 15 is 0 Å². The van der Waals surface area contributed by atoms with Crippen LogP contribution < -0.4 is 5.73 Å². The third-order valence-electron chi connectivity index (χ3n) is 1.98. The van der Waals surface area contributed by atoms with E-state index in [0.717, 1.165) is 12.1 Å². The largest absolute Gasteiger partial charge is 0.367 e. The number of nitrogen functional groups attached to an aromatic ring is 1. The van der Waals surface area contributed by atoms with Crippen LogP contribution in [0.3, 0.4) is 0 Å². The lowest BCUT2D eigenvalue weighted by Gasteiger charge is -1.93. The molecule has 0 atom stereocenters. The van der Waals surface area contributed by atoms with Crippen LogP contribution in [0.5, 0.6) is 0 Å². The minimum absolute atomic E-state index is 0.0564. The fourth-order valence-corrected chi connectivity index (χ4v) is 1.28. The maximum absolute atomic E-state index is 10.7. The van der Waals surface area contributed by atoms with Crippen LogP contribution in [0.4, 0.5) is 17.3 Å². The second-order valence-corrected chi connectivity index (χ2v) is 2.92. The number of nitrogens with zero attached hydrogens (tertiary/aromatic N) is 3. The van der Waals surface area contributed by atoms with E-state index in [9.17, 15) is 20.2 Å². The second kappa shape index (κ2) is 3.15. The molecule has 0 aliphatic rings. The molecule has 9 nitrogen and oxygen atoms in total. The Kier molecular flexibility index (Phi) is 1.94. The molecule has 2 N–H and O–H groups in total. The molecule has 0 saturated heterocycles. The molecule has 0 bridgehead atoms. The number of anilines is 1. The van der Waals surface area contributed by atoms with Crippen molar-refractivity contribution in [2.45, 2.75) is 0 Å². The lowest BCUT2D eigenvalue weighted by molar-refractivity contribution is -0.393. The molecule has 1 aromatic carbocycles. The van der Waals surface area contributed by atoms with Crippen LogP contribution in [-0.4, -0.2) is 15.0 Å². The molecule has 2 rings (SSSR count). The minimum atomic E-state index is -0.780. The highest BCUT2D eigenvalue weighted by molar-refractivity contribution is 5.95. The molecule has 0 unspecified atom stereocenters. The Hall–Kier alpha value is -2.71. The van der Waals surface area contributed by atoms with Crippen LogP contribution in [-0.2, 0) is 0 Å². The predicted molar refractivity (Wildman–Crippen MR) is 51.7 cm³/mol. The predicted octanol–water partition coefficient (Wildman–Crippen LogP) is 1.23. The molecule has 0 spiro atoms. The van der Waals surface area contributed by atoms with Crippen molar-refractivity contribution < 1.29 is 14.4 Å². The average Bonchev–Trinajstić information content (AvgIpc) is 2.59. The molecule has 9 heteroatoms. The van der Waals surface area contributed by atoms with Gasteiger partial charge >= 0.3 is 5.69 Å². The summed E-state index contributed by atoms with van der Waals surface area (Å²) >= 11 is 0. The van der Waals surface area contributed by atoms with Crippen molar-refractivity contribution in [3.63, 3.8) is 0 Å². The van der Waals surface area contributed by atoms with Gasteiger partial charge in [-0.2, -0.15) is 0 Å². The third-order valence-corrected chi connectivity index (χ3v) is 1.98. The van der Waals surface area contributed by atoms with Crippen molar-refractivity contribution in [3.8, 4) is 0 Å². The minimum Gasteiger partial charge on any atom is -0.367 e. The summed E-state index contributed by atoms with van der Waals surface area (Å²) in [4.78, 5) is 19.7. The molecular formula is C7H4N4O5. The maximum atomic E-state index is 10.7. The number of nitrogens with two attached hydrogens (primary N) is 1.